The molecule has 0 aliphatic carbocycles. The van der Waals surface area contributed by atoms with Crippen molar-refractivity contribution in [2.75, 3.05) is 17.4 Å². The number of hydrogen-bond acceptors (Lipinski definition) is 4. The molecule has 106 valence electrons. The normalized spacial score (nSPS) is 10.4. The van der Waals surface area contributed by atoms with Crippen molar-refractivity contribution in [2.45, 2.75) is 20.4 Å². The van der Waals surface area contributed by atoms with Gasteiger partial charge in [-0.2, -0.15) is 0 Å². The number of hydrazine groups is 1. The second-order valence-electron chi connectivity index (χ2n) is 4.97. The summed E-state index contributed by atoms with van der Waals surface area (Å²) in [5.74, 6) is 5.99. The lowest BCUT2D eigenvalue weighted by Crippen LogP contribution is -2.19. The molecule has 0 saturated carbocycles. The number of nitrogens with zero attached hydrogens (tertiary/aromatic N) is 2. The summed E-state index contributed by atoms with van der Waals surface area (Å²) in [5, 5.41) is 0.639. The van der Waals surface area contributed by atoms with Crippen LogP contribution in [0.15, 0.2) is 30.3 Å². The molecule has 2 aromatic rings. The smallest absolute Gasteiger partial charge is 0.140 e. The zero-order valence-electron chi connectivity index (χ0n) is 11.9. The summed E-state index contributed by atoms with van der Waals surface area (Å²) in [5.41, 5.74) is 6.96. The van der Waals surface area contributed by atoms with E-state index < -0.39 is 0 Å². The molecular weight excluding hydrogens is 272 g/mol. The number of rotatable bonds is 4. The van der Waals surface area contributed by atoms with Crippen LogP contribution in [0.1, 0.15) is 16.8 Å². The van der Waals surface area contributed by atoms with E-state index in [1.165, 1.54) is 11.1 Å². The number of benzene rings is 1. The Morgan fingerprint density at radius 1 is 1.20 bits per heavy atom. The van der Waals surface area contributed by atoms with Gasteiger partial charge in [-0.05, 0) is 49.2 Å². The Labute approximate surface area is 124 Å². The molecule has 0 fully saturated rings. The van der Waals surface area contributed by atoms with E-state index in [0.29, 0.717) is 17.4 Å². The van der Waals surface area contributed by atoms with Crippen molar-refractivity contribution in [1.29, 1.82) is 0 Å². The van der Waals surface area contributed by atoms with E-state index in [1.807, 2.05) is 7.05 Å². The third-order valence-corrected chi connectivity index (χ3v) is 3.44. The van der Waals surface area contributed by atoms with Gasteiger partial charge in [0.15, 0.2) is 0 Å². The SMILES string of the molecule is Cc1cc(C)cc(N(C)Cc2nc(NN)ccc2Cl)c1. The number of pyridine rings is 1. The fraction of sp³-hybridized carbons (Fsp3) is 0.267. The molecule has 0 aliphatic rings. The maximum Gasteiger partial charge on any atom is 0.140 e. The van der Waals surface area contributed by atoms with Gasteiger partial charge in [0.1, 0.15) is 5.82 Å². The largest absolute Gasteiger partial charge is 0.369 e. The van der Waals surface area contributed by atoms with Gasteiger partial charge in [0.2, 0.25) is 0 Å². The molecule has 1 aromatic heterocycles. The molecule has 0 spiro atoms. The van der Waals surface area contributed by atoms with E-state index >= 15 is 0 Å². The van der Waals surface area contributed by atoms with Crippen molar-refractivity contribution in [3.8, 4) is 0 Å². The zero-order valence-corrected chi connectivity index (χ0v) is 12.7. The molecule has 4 nitrogen and oxygen atoms in total. The van der Waals surface area contributed by atoms with Crippen LogP contribution in [-0.2, 0) is 6.54 Å². The molecule has 5 heteroatoms. The highest BCUT2D eigenvalue weighted by Crippen LogP contribution is 2.22. The average molecular weight is 291 g/mol. The maximum atomic E-state index is 6.19. The van der Waals surface area contributed by atoms with Gasteiger partial charge in [-0.1, -0.05) is 17.7 Å². The van der Waals surface area contributed by atoms with Gasteiger partial charge in [-0.3, -0.25) is 0 Å². The maximum absolute atomic E-state index is 6.19. The number of nitrogen functional groups attached to an aromatic ring is 1. The number of halogens is 1. The molecule has 0 bridgehead atoms. The second kappa shape index (κ2) is 6.11. The Balaban J connectivity index is 2.24. The summed E-state index contributed by atoms with van der Waals surface area (Å²) in [6, 6.07) is 10.00. The van der Waals surface area contributed by atoms with Gasteiger partial charge in [-0.25, -0.2) is 10.8 Å². The number of aryl methyl sites for hydroxylation is 2. The molecule has 0 saturated heterocycles. The number of anilines is 2. The molecule has 0 atom stereocenters. The lowest BCUT2D eigenvalue weighted by atomic mass is 10.1. The highest BCUT2D eigenvalue weighted by Gasteiger charge is 2.09. The Bertz CT molecular complexity index is 593. The molecule has 20 heavy (non-hydrogen) atoms. The minimum absolute atomic E-state index is 0.609. The van der Waals surface area contributed by atoms with Gasteiger partial charge < -0.3 is 10.3 Å². The monoisotopic (exact) mass is 290 g/mol. The molecule has 1 heterocycles. The van der Waals surface area contributed by atoms with Crippen LogP contribution >= 0.6 is 11.6 Å². The van der Waals surface area contributed by atoms with Crippen molar-refractivity contribution in [3.63, 3.8) is 0 Å². The van der Waals surface area contributed by atoms with Crippen LogP contribution in [0.25, 0.3) is 0 Å². The van der Waals surface area contributed by atoms with Crippen molar-refractivity contribution in [3.05, 3.63) is 52.2 Å². The molecule has 1 aromatic carbocycles. The summed E-state index contributed by atoms with van der Waals surface area (Å²) in [4.78, 5) is 6.51. The summed E-state index contributed by atoms with van der Waals surface area (Å²) in [6.07, 6.45) is 0. The standard InChI is InChI=1S/C15H19ClN4/c1-10-6-11(2)8-12(7-10)20(3)9-14-13(16)4-5-15(18-14)19-17/h4-8H,9,17H2,1-3H3,(H,18,19). The van der Waals surface area contributed by atoms with Crippen LogP contribution in [0.3, 0.4) is 0 Å². The Morgan fingerprint density at radius 2 is 1.85 bits per heavy atom. The molecule has 0 radical (unpaired) electrons. The first-order chi connectivity index (χ1) is 9.49. The van der Waals surface area contributed by atoms with E-state index in [1.54, 1.807) is 12.1 Å². The number of hydrogen-bond donors (Lipinski definition) is 2. The van der Waals surface area contributed by atoms with Gasteiger partial charge in [0, 0.05) is 12.7 Å². The first-order valence-electron chi connectivity index (χ1n) is 6.41. The molecule has 0 amide bonds. The van der Waals surface area contributed by atoms with E-state index in [9.17, 15) is 0 Å². The van der Waals surface area contributed by atoms with Crippen LogP contribution < -0.4 is 16.2 Å². The molecule has 2 rings (SSSR count). The summed E-state index contributed by atoms with van der Waals surface area (Å²) in [6.45, 7) is 4.81. The predicted octanol–water partition coefficient (Wildman–Crippen LogP) is 3.27. The van der Waals surface area contributed by atoms with E-state index in [-0.39, 0.29) is 0 Å². The topological polar surface area (TPSA) is 54.2 Å². The highest BCUT2D eigenvalue weighted by molar-refractivity contribution is 6.31. The number of nitrogens with one attached hydrogen (secondary N) is 1. The van der Waals surface area contributed by atoms with Gasteiger partial charge in [0.25, 0.3) is 0 Å². The quantitative estimate of drug-likeness (QED) is 0.670. The lowest BCUT2D eigenvalue weighted by Gasteiger charge is -2.21. The van der Waals surface area contributed by atoms with Gasteiger partial charge in [-0.15, -0.1) is 0 Å². The van der Waals surface area contributed by atoms with Crippen molar-refractivity contribution in [1.82, 2.24) is 4.98 Å². The van der Waals surface area contributed by atoms with Crippen LogP contribution in [0.4, 0.5) is 11.5 Å². The fourth-order valence-corrected chi connectivity index (χ4v) is 2.33. The van der Waals surface area contributed by atoms with Crippen LogP contribution in [0.5, 0.6) is 0 Å². The van der Waals surface area contributed by atoms with Gasteiger partial charge in [0.05, 0.1) is 17.3 Å². The Hall–Kier alpha value is -1.78. The van der Waals surface area contributed by atoms with Crippen molar-refractivity contribution >= 4 is 23.1 Å². The van der Waals surface area contributed by atoms with Crippen LogP contribution in [-0.4, -0.2) is 12.0 Å². The Morgan fingerprint density at radius 3 is 2.45 bits per heavy atom. The number of aromatic nitrogens is 1. The minimum Gasteiger partial charge on any atom is -0.369 e. The van der Waals surface area contributed by atoms with Gasteiger partial charge >= 0.3 is 0 Å². The Kier molecular flexibility index (Phi) is 4.47. The van der Waals surface area contributed by atoms with E-state index in [0.717, 1.165) is 11.4 Å². The summed E-state index contributed by atoms with van der Waals surface area (Å²) >= 11 is 6.19. The molecule has 0 aliphatic heterocycles. The predicted molar refractivity (Wildman–Crippen MR) is 85.1 cm³/mol. The van der Waals surface area contributed by atoms with Crippen LogP contribution in [0, 0.1) is 13.8 Å². The fourth-order valence-electron chi connectivity index (χ4n) is 2.16. The molecular formula is C15H19ClN4. The zero-order chi connectivity index (χ0) is 14.7. The van der Waals surface area contributed by atoms with E-state index in [2.05, 4.69) is 47.4 Å². The third-order valence-electron chi connectivity index (χ3n) is 3.10. The average Bonchev–Trinajstić information content (AvgIpc) is 2.40. The van der Waals surface area contributed by atoms with Crippen molar-refractivity contribution in [2.24, 2.45) is 5.84 Å². The van der Waals surface area contributed by atoms with Crippen molar-refractivity contribution < 1.29 is 0 Å². The van der Waals surface area contributed by atoms with Crippen LogP contribution in [0.2, 0.25) is 5.02 Å². The summed E-state index contributed by atoms with van der Waals surface area (Å²) < 4.78 is 0. The lowest BCUT2D eigenvalue weighted by molar-refractivity contribution is 0.884. The number of nitrogens with two attached hydrogens (primary N) is 1. The highest BCUT2D eigenvalue weighted by atomic mass is 35.5. The summed E-state index contributed by atoms with van der Waals surface area (Å²) in [7, 11) is 2.02. The minimum atomic E-state index is 0.609. The third kappa shape index (κ3) is 3.40. The first kappa shape index (κ1) is 14.6. The molecule has 3 N–H and O–H groups in total. The second-order valence-corrected chi connectivity index (χ2v) is 5.38. The van der Waals surface area contributed by atoms with E-state index in [4.69, 9.17) is 17.4 Å². The first-order valence-corrected chi connectivity index (χ1v) is 6.79. The molecule has 0 unspecified atom stereocenters.